The minimum absolute atomic E-state index is 0.111. The van der Waals surface area contributed by atoms with Gasteiger partial charge in [0.25, 0.3) is 7.37 Å². The average Bonchev–Trinajstić information content (AvgIpc) is 3.87. The zero-order valence-electron chi connectivity index (χ0n) is 27.5. The molecule has 17 heteroatoms. The lowest BCUT2D eigenvalue weighted by molar-refractivity contribution is -0.142. The van der Waals surface area contributed by atoms with Crippen molar-refractivity contribution >= 4 is 18.0 Å². The lowest BCUT2D eigenvalue weighted by Gasteiger charge is -2.16. The number of H-pyrrole nitrogens is 2. The molecular formula is C37H27F8N6O2P. The molecule has 0 fully saturated rings. The normalized spacial score (nSPS) is 12.5. The maximum Gasteiger partial charge on any atom is 0.432 e. The fraction of sp³-hybridized carbons (Fsp3) is 0.0811. The molecule has 4 aromatic heterocycles. The molecule has 0 aliphatic carbocycles. The summed E-state index contributed by atoms with van der Waals surface area (Å²) in [6.07, 6.45) is -5.70. The number of aromatic amines is 2. The number of hydrogen-bond donors (Lipinski definition) is 3. The molecule has 8 nitrogen and oxygen atoms in total. The first-order chi connectivity index (χ1) is 25.6. The average molecular weight is 771 g/mol. The lowest BCUT2D eigenvalue weighted by Crippen LogP contribution is -2.19. The van der Waals surface area contributed by atoms with Crippen LogP contribution in [0.2, 0.25) is 0 Å². The fourth-order valence-electron chi connectivity index (χ4n) is 4.82. The van der Waals surface area contributed by atoms with Gasteiger partial charge in [0.15, 0.2) is 0 Å². The number of rotatable bonds is 6. The fourth-order valence-corrected chi connectivity index (χ4v) is 6.51. The van der Waals surface area contributed by atoms with Crippen LogP contribution >= 0.6 is 7.37 Å². The predicted octanol–water partition coefficient (Wildman–Crippen LogP) is 8.76. The first-order valence-corrected chi connectivity index (χ1v) is 17.3. The molecule has 1 atom stereocenters. The van der Waals surface area contributed by atoms with Crippen LogP contribution in [-0.2, 0) is 23.3 Å². The van der Waals surface area contributed by atoms with E-state index in [0.29, 0.717) is 22.3 Å². The molecule has 3 aromatic carbocycles. The molecule has 4 heterocycles. The van der Waals surface area contributed by atoms with Gasteiger partial charge in [-0.15, -0.1) is 0 Å². The van der Waals surface area contributed by atoms with E-state index in [-0.39, 0.29) is 28.7 Å². The van der Waals surface area contributed by atoms with Crippen molar-refractivity contribution in [1.82, 2.24) is 30.4 Å². The standard InChI is InChI=1S/C19H15F2O2P.2C9H6F3N3/c20-16-11-10-14(18(21)13-16)12-15-6-4-5-9-19(15)24(22,23)17-7-2-1-3-8-17;2*10-9(11,12)8-5-7(14-15-8)6-3-1-2-4-13-6/h1-11,13H,12H2,(H,22,23);2*1-5H,(H,14,15). The third-order valence-electron chi connectivity index (χ3n) is 7.44. The number of hydrogen-bond acceptors (Lipinski definition) is 5. The van der Waals surface area contributed by atoms with Gasteiger partial charge >= 0.3 is 12.4 Å². The molecule has 7 aromatic rings. The van der Waals surface area contributed by atoms with E-state index in [1.807, 2.05) is 10.2 Å². The van der Waals surface area contributed by atoms with Gasteiger partial charge < -0.3 is 4.89 Å². The second-order valence-electron chi connectivity index (χ2n) is 11.2. The highest BCUT2D eigenvalue weighted by molar-refractivity contribution is 7.73. The van der Waals surface area contributed by atoms with Gasteiger partial charge in [0.2, 0.25) is 0 Å². The SMILES string of the molecule is FC(F)(F)c1cc(-c2ccccn2)n[nH]1.FC(F)(F)c1cc(-c2ccccn2)n[nH]1.O=P(O)(c1ccccc1)c1ccccc1Cc1ccc(F)cc1F. The van der Waals surface area contributed by atoms with E-state index in [1.54, 1.807) is 91.0 Å². The Morgan fingerprint density at radius 3 is 1.54 bits per heavy atom. The largest absolute Gasteiger partial charge is 0.432 e. The van der Waals surface area contributed by atoms with E-state index in [2.05, 4.69) is 20.2 Å². The number of benzene rings is 3. The molecule has 54 heavy (non-hydrogen) atoms. The van der Waals surface area contributed by atoms with Crippen LogP contribution in [0.4, 0.5) is 35.1 Å². The van der Waals surface area contributed by atoms with Crippen LogP contribution in [-0.4, -0.2) is 35.3 Å². The van der Waals surface area contributed by atoms with Crippen molar-refractivity contribution < 1.29 is 44.6 Å². The number of alkyl halides is 6. The van der Waals surface area contributed by atoms with Gasteiger partial charge in [0, 0.05) is 35.5 Å². The van der Waals surface area contributed by atoms with Crippen molar-refractivity contribution in [1.29, 1.82) is 0 Å². The van der Waals surface area contributed by atoms with Crippen LogP contribution in [0.1, 0.15) is 22.5 Å². The summed E-state index contributed by atoms with van der Waals surface area (Å²) in [6, 6.07) is 30.1. The summed E-state index contributed by atoms with van der Waals surface area (Å²) in [4.78, 5) is 18.4. The van der Waals surface area contributed by atoms with Crippen molar-refractivity contribution in [3.05, 3.63) is 168 Å². The molecule has 0 bridgehead atoms. The molecule has 0 saturated heterocycles. The highest BCUT2D eigenvalue weighted by Crippen LogP contribution is 2.39. The molecule has 0 aliphatic heterocycles. The molecule has 7 rings (SSSR count). The van der Waals surface area contributed by atoms with Crippen LogP contribution in [0.5, 0.6) is 0 Å². The van der Waals surface area contributed by atoms with Gasteiger partial charge in [-0.05, 0) is 71.8 Å². The van der Waals surface area contributed by atoms with E-state index in [0.717, 1.165) is 18.2 Å². The molecule has 0 spiro atoms. The van der Waals surface area contributed by atoms with Crippen molar-refractivity contribution in [3.63, 3.8) is 0 Å². The summed E-state index contributed by atoms with van der Waals surface area (Å²) in [5.41, 5.74) is 0.250. The summed E-state index contributed by atoms with van der Waals surface area (Å²) in [7, 11) is -3.79. The second kappa shape index (κ2) is 16.8. The van der Waals surface area contributed by atoms with Gasteiger partial charge in [0.05, 0.1) is 11.4 Å². The van der Waals surface area contributed by atoms with Crippen LogP contribution in [0.25, 0.3) is 22.8 Å². The summed E-state index contributed by atoms with van der Waals surface area (Å²) < 4.78 is 113. The number of aromatic nitrogens is 6. The quantitative estimate of drug-likeness (QED) is 0.115. The Bertz CT molecular complexity index is 2230. The second-order valence-corrected chi connectivity index (χ2v) is 13.4. The summed E-state index contributed by atoms with van der Waals surface area (Å²) in [6.45, 7) is 0. The van der Waals surface area contributed by atoms with Crippen LogP contribution in [0.15, 0.2) is 134 Å². The molecule has 0 radical (unpaired) electrons. The summed E-state index contributed by atoms with van der Waals surface area (Å²) >= 11 is 0. The van der Waals surface area contributed by atoms with Crippen molar-refractivity contribution in [2.75, 3.05) is 0 Å². The molecule has 0 aliphatic rings. The molecular weight excluding hydrogens is 743 g/mol. The summed E-state index contributed by atoms with van der Waals surface area (Å²) in [5.74, 6) is -1.32. The Balaban J connectivity index is 0.000000163. The van der Waals surface area contributed by atoms with Crippen molar-refractivity contribution in [2.24, 2.45) is 0 Å². The topological polar surface area (TPSA) is 120 Å². The lowest BCUT2D eigenvalue weighted by atomic mass is 10.0. The van der Waals surface area contributed by atoms with Crippen molar-refractivity contribution in [2.45, 2.75) is 18.8 Å². The van der Waals surface area contributed by atoms with E-state index in [4.69, 9.17) is 0 Å². The van der Waals surface area contributed by atoms with Gasteiger partial charge in [-0.25, -0.2) is 8.78 Å². The highest BCUT2D eigenvalue weighted by atomic mass is 31.2. The maximum absolute atomic E-state index is 13.9. The van der Waals surface area contributed by atoms with Gasteiger partial charge in [-0.1, -0.05) is 54.6 Å². The molecule has 3 N–H and O–H groups in total. The third-order valence-corrected chi connectivity index (χ3v) is 9.53. The Kier molecular flexibility index (Phi) is 12.2. The third kappa shape index (κ3) is 10.1. The van der Waals surface area contributed by atoms with Crippen LogP contribution < -0.4 is 10.6 Å². The molecule has 1 unspecified atom stereocenters. The van der Waals surface area contributed by atoms with Crippen LogP contribution in [0.3, 0.4) is 0 Å². The predicted molar refractivity (Wildman–Crippen MR) is 185 cm³/mol. The minimum atomic E-state index is -4.40. The zero-order valence-corrected chi connectivity index (χ0v) is 28.4. The van der Waals surface area contributed by atoms with Crippen molar-refractivity contribution in [3.8, 4) is 22.8 Å². The Hall–Kier alpha value is -5.99. The smallest absolute Gasteiger partial charge is 0.338 e. The van der Waals surface area contributed by atoms with Crippen LogP contribution in [0, 0.1) is 11.6 Å². The highest BCUT2D eigenvalue weighted by Gasteiger charge is 2.34. The molecule has 0 saturated carbocycles. The Morgan fingerprint density at radius 2 is 1.07 bits per heavy atom. The van der Waals surface area contributed by atoms with E-state index in [1.165, 1.54) is 24.5 Å². The zero-order chi connectivity index (χ0) is 38.9. The number of nitrogens with zero attached hydrogens (tertiary/aromatic N) is 4. The monoisotopic (exact) mass is 770 g/mol. The van der Waals surface area contributed by atoms with E-state index < -0.39 is 42.7 Å². The molecule has 0 amide bonds. The number of halogens is 8. The molecule has 278 valence electrons. The first kappa shape index (κ1) is 39.2. The van der Waals surface area contributed by atoms with Gasteiger partial charge in [-0.2, -0.15) is 36.5 Å². The number of nitrogens with one attached hydrogen (secondary N) is 2. The van der Waals surface area contributed by atoms with E-state index >= 15 is 0 Å². The Labute approximate surface area is 302 Å². The Morgan fingerprint density at radius 1 is 0.574 bits per heavy atom. The maximum atomic E-state index is 13.9. The van der Waals surface area contributed by atoms with Gasteiger partial charge in [0.1, 0.15) is 34.4 Å². The number of pyridine rings is 2. The summed E-state index contributed by atoms with van der Waals surface area (Å²) in [5, 5.41) is 11.5. The van der Waals surface area contributed by atoms with E-state index in [9.17, 15) is 44.6 Å². The first-order valence-electron chi connectivity index (χ1n) is 15.6. The van der Waals surface area contributed by atoms with Gasteiger partial charge in [-0.3, -0.25) is 24.7 Å². The minimum Gasteiger partial charge on any atom is -0.338 e.